The fraction of sp³-hybridized carbons (Fsp3) is 0.188. The number of aryl methyl sites for hydroxylation is 2. The van der Waals surface area contributed by atoms with Gasteiger partial charge in [0.25, 0.3) is 0 Å². The Hall–Kier alpha value is -2.89. The van der Waals surface area contributed by atoms with Crippen LogP contribution in [0.1, 0.15) is 22.9 Å². The van der Waals surface area contributed by atoms with E-state index in [9.17, 15) is 0 Å². The first-order chi connectivity index (χ1) is 10.7. The fourth-order valence-electron chi connectivity index (χ4n) is 2.54. The fourth-order valence-corrected chi connectivity index (χ4v) is 2.54. The molecule has 22 heavy (non-hydrogen) atoms. The first kappa shape index (κ1) is 12.8. The number of aromatic amines is 1. The molecule has 3 heterocycles. The topological polar surface area (TPSA) is 80.7 Å². The first-order valence-corrected chi connectivity index (χ1v) is 7.02. The third-order valence-corrected chi connectivity index (χ3v) is 3.79. The third-order valence-electron chi connectivity index (χ3n) is 3.79. The molecule has 0 bridgehead atoms. The summed E-state index contributed by atoms with van der Waals surface area (Å²) in [6, 6.07) is 8.04. The maximum atomic E-state index is 5.36. The number of nitrogens with zero attached hydrogens (tertiary/aromatic N) is 3. The molecule has 6 heteroatoms. The largest absolute Gasteiger partial charge is 0.361 e. The van der Waals surface area contributed by atoms with Gasteiger partial charge in [-0.25, -0.2) is 0 Å². The molecule has 0 fully saturated rings. The highest BCUT2D eigenvalue weighted by Crippen LogP contribution is 2.23. The Morgan fingerprint density at radius 2 is 2.00 bits per heavy atom. The summed E-state index contributed by atoms with van der Waals surface area (Å²) < 4.78 is 10.5. The Balaban J connectivity index is 1.66. The molecule has 0 saturated heterocycles. The summed E-state index contributed by atoms with van der Waals surface area (Å²) in [6.07, 6.45) is 2.44. The minimum atomic E-state index is 0.528. The molecular formula is C16H14N4O2. The van der Waals surface area contributed by atoms with E-state index in [-0.39, 0.29) is 0 Å². The van der Waals surface area contributed by atoms with Crippen LogP contribution >= 0.6 is 0 Å². The molecule has 4 aromatic rings. The molecule has 0 aliphatic rings. The summed E-state index contributed by atoms with van der Waals surface area (Å²) in [7, 11) is 0. The molecule has 6 nitrogen and oxygen atoms in total. The second kappa shape index (κ2) is 4.84. The van der Waals surface area contributed by atoms with Gasteiger partial charge in [-0.1, -0.05) is 10.3 Å². The van der Waals surface area contributed by atoms with E-state index in [4.69, 9.17) is 9.05 Å². The maximum absolute atomic E-state index is 5.36. The van der Waals surface area contributed by atoms with Gasteiger partial charge in [0.05, 0.1) is 12.1 Å². The molecule has 1 N–H and O–H groups in total. The highest BCUT2D eigenvalue weighted by atomic mass is 16.5. The maximum Gasteiger partial charge on any atom is 0.231 e. The molecule has 0 radical (unpaired) electrons. The molecule has 110 valence electrons. The molecule has 0 unspecified atom stereocenters. The number of rotatable bonds is 3. The van der Waals surface area contributed by atoms with Gasteiger partial charge >= 0.3 is 0 Å². The molecule has 0 atom stereocenters. The van der Waals surface area contributed by atoms with E-state index in [1.54, 1.807) is 0 Å². The Morgan fingerprint density at radius 1 is 1.09 bits per heavy atom. The molecule has 1 aromatic carbocycles. The number of aromatic nitrogens is 4. The van der Waals surface area contributed by atoms with E-state index >= 15 is 0 Å². The highest BCUT2D eigenvalue weighted by molar-refractivity contribution is 5.83. The van der Waals surface area contributed by atoms with Gasteiger partial charge in [0.1, 0.15) is 5.76 Å². The van der Waals surface area contributed by atoms with Crippen molar-refractivity contribution >= 4 is 10.9 Å². The van der Waals surface area contributed by atoms with Crippen molar-refractivity contribution in [1.82, 2.24) is 20.3 Å². The van der Waals surface area contributed by atoms with Crippen LogP contribution in [0.25, 0.3) is 22.3 Å². The Morgan fingerprint density at radius 3 is 2.82 bits per heavy atom. The van der Waals surface area contributed by atoms with Crippen molar-refractivity contribution in [3.8, 4) is 11.4 Å². The van der Waals surface area contributed by atoms with Crippen molar-refractivity contribution in [1.29, 1.82) is 0 Å². The van der Waals surface area contributed by atoms with E-state index < -0.39 is 0 Å². The van der Waals surface area contributed by atoms with E-state index in [0.717, 1.165) is 33.5 Å². The van der Waals surface area contributed by atoms with Crippen molar-refractivity contribution in [3.05, 3.63) is 53.4 Å². The van der Waals surface area contributed by atoms with Gasteiger partial charge in [-0.05, 0) is 38.1 Å². The summed E-state index contributed by atoms with van der Waals surface area (Å²) in [6.45, 7) is 3.79. The van der Waals surface area contributed by atoms with Crippen LogP contribution in [0.2, 0.25) is 0 Å². The Kier molecular flexibility index (Phi) is 2.82. The Labute approximate surface area is 126 Å². The molecule has 0 aliphatic carbocycles. The number of H-pyrrole nitrogens is 1. The minimum Gasteiger partial charge on any atom is -0.361 e. The number of nitrogens with one attached hydrogen (secondary N) is 1. The second-order valence-electron chi connectivity index (χ2n) is 5.27. The van der Waals surface area contributed by atoms with Gasteiger partial charge in [0, 0.05) is 28.2 Å². The zero-order valence-corrected chi connectivity index (χ0v) is 12.3. The quantitative estimate of drug-likeness (QED) is 0.626. The molecule has 0 amide bonds. The Bertz CT molecular complexity index is 929. The number of hydrogen-bond acceptors (Lipinski definition) is 5. The van der Waals surface area contributed by atoms with Gasteiger partial charge < -0.3 is 14.0 Å². The lowest BCUT2D eigenvalue weighted by Gasteiger charge is -1.95. The normalized spacial score (nSPS) is 11.4. The first-order valence-electron chi connectivity index (χ1n) is 7.02. The van der Waals surface area contributed by atoms with Gasteiger partial charge in [-0.2, -0.15) is 4.98 Å². The van der Waals surface area contributed by atoms with Crippen LogP contribution < -0.4 is 0 Å². The monoisotopic (exact) mass is 294 g/mol. The van der Waals surface area contributed by atoms with Crippen molar-refractivity contribution < 1.29 is 9.05 Å². The molecule has 0 aliphatic heterocycles. The summed E-state index contributed by atoms with van der Waals surface area (Å²) >= 11 is 0. The molecule has 0 saturated carbocycles. The van der Waals surface area contributed by atoms with Crippen molar-refractivity contribution in [2.24, 2.45) is 0 Å². The lowest BCUT2D eigenvalue weighted by Crippen LogP contribution is -1.91. The van der Waals surface area contributed by atoms with Crippen LogP contribution in [0.4, 0.5) is 0 Å². The summed E-state index contributed by atoms with van der Waals surface area (Å²) in [5.74, 6) is 1.93. The predicted octanol–water partition coefficient (Wildman–Crippen LogP) is 3.41. The average Bonchev–Trinajstić information content (AvgIpc) is 3.23. The minimum absolute atomic E-state index is 0.528. The summed E-state index contributed by atoms with van der Waals surface area (Å²) in [4.78, 5) is 7.64. The zero-order valence-electron chi connectivity index (χ0n) is 12.3. The van der Waals surface area contributed by atoms with Crippen molar-refractivity contribution in [2.75, 3.05) is 0 Å². The second-order valence-corrected chi connectivity index (χ2v) is 5.27. The van der Waals surface area contributed by atoms with E-state index in [0.29, 0.717) is 18.1 Å². The zero-order chi connectivity index (χ0) is 15.1. The predicted molar refractivity (Wildman–Crippen MR) is 80.4 cm³/mol. The van der Waals surface area contributed by atoms with Gasteiger partial charge in [-0.3, -0.25) is 0 Å². The van der Waals surface area contributed by atoms with E-state index in [2.05, 4.69) is 20.3 Å². The number of benzene rings is 1. The van der Waals surface area contributed by atoms with Crippen LogP contribution in [0.3, 0.4) is 0 Å². The lowest BCUT2D eigenvalue weighted by molar-refractivity contribution is 0.381. The van der Waals surface area contributed by atoms with Crippen LogP contribution in [0.15, 0.2) is 39.5 Å². The average molecular weight is 294 g/mol. The molecule has 4 rings (SSSR count). The van der Waals surface area contributed by atoms with E-state index in [1.807, 2.05) is 44.3 Å². The standard InChI is InChI=1S/C16H14N4O2/c1-9-13(10(2)21-19-9)8-15-18-16(20-22-15)12-3-4-14-11(7-12)5-6-17-14/h3-7,17H,8H2,1-2H3. The number of fused-ring (bicyclic) bond motifs is 1. The SMILES string of the molecule is Cc1noc(C)c1Cc1nc(-c2ccc3[nH]ccc3c2)no1. The lowest BCUT2D eigenvalue weighted by atomic mass is 10.1. The van der Waals surface area contributed by atoms with Crippen molar-refractivity contribution in [3.63, 3.8) is 0 Å². The van der Waals surface area contributed by atoms with Gasteiger partial charge in [0.2, 0.25) is 11.7 Å². The molecular weight excluding hydrogens is 280 g/mol. The molecule has 3 aromatic heterocycles. The smallest absolute Gasteiger partial charge is 0.231 e. The van der Waals surface area contributed by atoms with Crippen LogP contribution in [-0.4, -0.2) is 20.3 Å². The highest BCUT2D eigenvalue weighted by Gasteiger charge is 2.15. The van der Waals surface area contributed by atoms with Crippen LogP contribution in [-0.2, 0) is 6.42 Å². The summed E-state index contributed by atoms with van der Waals surface area (Å²) in [5, 5.41) is 9.13. The van der Waals surface area contributed by atoms with Gasteiger partial charge in [-0.15, -0.1) is 0 Å². The third kappa shape index (κ3) is 2.09. The molecule has 0 spiro atoms. The summed E-state index contributed by atoms with van der Waals surface area (Å²) in [5.41, 5.74) is 3.87. The number of hydrogen-bond donors (Lipinski definition) is 1. The van der Waals surface area contributed by atoms with Crippen LogP contribution in [0.5, 0.6) is 0 Å². The van der Waals surface area contributed by atoms with Gasteiger partial charge in [0.15, 0.2) is 0 Å². The van der Waals surface area contributed by atoms with E-state index in [1.165, 1.54) is 0 Å². The van der Waals surface area contributed by atoms with Crippen molar-refractivity contribution in [2.45, 2.75) is 20.3 Å². The van der Waals surface area contributed by atoms with Crippen LogP contribution in [0, 0.1) is 13.8 Å².